The first kappa shape index (κ1) is 16.9. The molecule has 0 aliphatic rings. The first-order valence-corrected chi connectivity index (χ1v) is 7.79. The number of hydrogen-bond donors (Lipinski definition) is 1. The Hall–Kier alpha value is -0.120. The van der Waals surface area contributed by atoms with Crippen LogP contribution in [0, 0.1) is 11.2 Å². The summed E-state index contributed by atoms with van der Waals surface area (Å²) in [5.74, 6) is -0.214. The van der Waals surface area contributed by atoms with Crippen LogP contribution in [0.5, 0.6) is 0 Å². The van der Waals surface area contributed by atoms with Crippen LogP contribution in [0.3, 0.4) is 0 Å². The van der Waals surface area contributed by atoms with Crippen LogP contribution in [0.1, 0.15) is 52.1 Å². The molecule has 108 valence electrons. The normalized spacial score (nSPS) is 13.6. The van der Waals surface area contributed by atoms with Crippen LogP contribution in [0.25, 0.3) is 0 Å². The maximum absolute atomic E-state index is 14.2. The van der Waals surface area contributed by atoms with Crippen LogP contribution in [0.4, 0.5) is 4.39 Å². The molecule has 0 aromatic heterocycles. The summed E-state index contributed by atoms with van der Waals surface area (Å²) in [7, 11) is 0. The van der Waals surface area contributed by atoms with Gasteiger partial charge in [-0.05, 0) is 52.9 Å². The van der Waals surface area contributed by atoms with Gasteiger partial charge in [0.15, 0.2) is 0 Å². The molecule has 19 heavy (non-hydrogen) atoms. The molecule has 0 bridgehead atoms. The van der Waals surface area contributed by atoms with E-state index < -0.39 is 0 Å². The Balaban J connectivity index is 3.06. The Kier molecular flexibility index (Phi) is 6.28. The summed E-state index contributed by atoms with van der Waals surface area (Å²) in [6, 6.07) is 3.16. The van der Waals surface area contributed by atoms with Gasteiger partial charge >= 0.3 is 0 Å². The summed E-state index contributed by atoms with van der Waals surface area (Å²) in [6.07, 6.45) is 1.88. The highest BCUT2D eigenvalue weighted by Gasteiger charge is 2.23. The third kappa shape index (κ3) is 5.41. The van der Waals surface area contributed by atoms with E-state index in [-0.39, 0.29) is 17.3 Å². The molecular formula is C15H22BrClFN. The smallest absolute Gasteiger partial charge is 0.129 e. The third-order valence-electron chi connectivity index (χ3n) is 2.87. The zero-order valence-electron chi connectivity index (χ0n) is 12.0. The van der Waals surface area contributed by atoms with Crippen molar-refractivity contribution in [1.29, 1.82) is 0 Å². The monoisotopic (exact) mass is 349 g/mol. The van der Waals surface area contributed by atoms with Crippen LogP contribution in [-0.2, 0) is 0 Å². The maximum Gasteiger partial charge on any atom is 0.129 e. The van der Waals surface area contributed by atoms with Crippen molar-refractivity contribution < 1.29 is 4.39 Å². The molecule has 1 aromatic rings. The van der Waals surface area contributed by atoms with Gasteiger partial charge in [0, 0.05) is 16.1 Å². The fraction of sp³-hybridized carbons (Fsp3) is 0.600. The Morgan fingerprint density at radius 1 is 1.37 bits per heavy atom. The van der Waals surface area contributed by atoms with E-state index in [0.29, 0.717) is 15.1 Å². The van der Waals surface area contributed by atoms with E-state index >= 15 is 0 Å². The minimum atomic E-state index is -0.214. The first-order chi connectivity index (χ1) is 8.74. The average molecular weight is 351 g/mol. The molecule has 0 radical (unpaired) electrons. The fourth-order valence-electron chi connectivity index (χ4n) is 2.03. The molecule has 0 spiro atoms. The van der Waals surface area contributed by atoms with Gasteiger partial charge in [0.25, 0.3) is 0 Å². The molecule has 1 nitrogen and oxygen atoms in total. The minimum absolute atomic E-state index is 0.00875. The van der Waals surface area contributed by atoms with E-state index in [4.69, 9.17) is 11.6 Å². The van der Waals surface area contributed by atoms with Gasteiger partial charge in [0.2, 0.25) is 0 Å². The van der Waals surface area contributed by atoms with Gasteiger partial charge in [-0.3, -0.25) is 0 Å². The number of halogens is 3. The van der Waals surface area contributed by atoms with Crippen LogP contribution in [-0.4, -0.2) is 6.54 Å². The second-order valence-electron chi connectivity index (χ2n) is 6.06. The molecule has 0 saturated heterocycles. The van der Waals surface area contributed by atoms with Crippen molar-refractivity contribution in [3.63, 3.8) is 0 Å². The second kappa shape index (κ2) is 7.05. The molecule has 1 rings (SSSR count). The van der Waals surface area contributed by atoms with Crippen molar-refractivity contribution in [2.45, 2.75) is 46.6 Å². The van der Waals surface area contributed by atoms with Crippen molar-refractivity contribution >= 4 is 27.5 Å². The highest BCUT2D eigenvalue weighted by molar-refractivity contribution is 9.10. The molecule has 0 fully saturated rings. The maximum atomic E-state index is 14.2. The van der Waals surface area contributed by atoms with Gasteiger partial charge in [-0.25, -0.2) is 4.39 Å². The lowest BCUT2D eigenvalue weighted by molar-refractivity contribution is 0.307. The van der Waals surface area contributed by atoms with Crippen molar-refractivity contribution in [2.75, 3.05) is 6.54 Å². The first-order valence-electron chi connectivity index (χ1n) is 6.62. The SMILES string of the molecule is CCCNC(CC(C)(C)C)c1cc(Cl)c(Br)cc1F. The van der Waals surface area contributed by atoms with Crippen LogP contribution >= 0.6 is 27.5 Å². The van der Waals surface area contributed by atoms with Gasteiger partial charge < -0.3 is 5.32 Å². The predicted octanol–water partition coefficient (Wildman–Crippen LogP) is 5.72. The number of nitrogens with one attached hydrogen (secondary N) is 1. The van der Waals surface area contributed by atoms with Gasteiger partial charge in [0.1, 0.15) is 5.82 Å². The van der Waals surface area contributed by atoms with Gasteiger partial charge in [0.05, 0.1) is 5.02 Å². The van der Waals surface area contributed by atoms with Gasteiger partial charge in [-0.2, -0.15) is 0 Å². The lowest BCUT2D eigenvalue weighted by atomic mass is 9.85. The number of benzene rings is 1. The summed E-state index contributed by atoms with van der Waals surface area (Å²) in [6.45, 7) is 9.45. The topological polar surface area (TPSA) is 12.0 Å². The Labute approximate surface area is 129 Å². The summed E-state index contributed by atoms with van der Waals surface area (Å²) >= 11 is 9.34. The zero-order valence-corrected chi connectivity index (χ0v) is 14.3. The molecule has 1 N–H and O–H groups in total. The lowest BCUT2D eigenvalue weighted by Gasteiger charge is -2.28. The molecule has 1 aromatic carbocycles. The van der Waals surface area contributed by atoms with Crippen molar-refractivity contribution in [3.05, 3.63) is 33.0 Å². The fourth-order valence-corrected chi connectivity index (χ4v) is 2.52. The van der Waals surface area contributed by atoms with Crippen molar-refractivity contribution in [2.24, 2.45) is 5.41 Å². The average Bonchev–Trinajstić information content (AvgIpc) is 2.28. The molecule has 1 atom stereocenters. The van der Waals surface area contributed by atoms with Crippen LogP contribution in [0.15, 0.2) is 16.6 Å². The van der Waals surface area contributed by atoms with Gasteiger partial charge in [-0.15, -0.1) is 0 Å². The lowest BCUT2D eigenvalue weighted by Crippen LogP contribution is -2.27. The molecule has 0 aliphatic carbocycles. The van der Waals surface area contributed by atoms with E-state index in [1.165, 1.54) is 6.07 Å². The van der Waals surface area contributed by atoms with Crippen LogP contribution < -0.4 is 5.32 Å². The standard InChI is InChI=1S/C15H22BrClFN/c1-5-6-19-14(9-15(2,3)4)10-7-12(17)11(16)8-13(10)18/h7-8,14,19H,5-6,9H2,1-4H3. The number of rotatable bonds is 5. The molecule has 0 aliphatic heterocycles. The largest absolute Gasteiger partial charge is 0.310 e. The highest BCUT2D eigenvalue weighted by atomic mass is 79.9. The summed E-state index contributed by atoms with van der Waals surface area (Å²) < 4.78 is 14.8. The number of hydrogen-bond acceptors (Lipinski definition) is 1. The van der Waals surface area contributed by atoms with E-state index in [1.807, 2.05) is 0 Å². The minimum Gasteiger partial charge on any atom is -0.310 e. The highest BCUT2D eigenvalue weighted by Crippen LogP contribution is 2.34. The Morgan fingerprint density at radius 3 is 2.53 bits per heavy atom. The summed E-state index contributed by atoms with van der Waals surface area (Å²) in [5.41, 5.74) is 0.772. The second-order valence-corrected chi connectivity index (χ2v) is 7.32. The van der Waals surface area contributed by atoms with Crippen molar-refractivity contribution in [3.8, 4) is 0 Å². The molecule has 1 unspecified atom stereocenters. The van der Waals surface area contributed by atoms with E-state index in [9.17, 15) is 4.39 Å². The van der Waals surface area contributed by atoms with E-state index in [2.05, 4.69) is 48.9 Å². The molecule has 0 heterocycles. The quantitative estimate of drug-likeness (QED) is 0.670. The van der Waals surface area contributed by atoms with Crippen molar-refractivity contribution in [1.82, 2.24) is 5.32 Å². The molecular weight excluding hydrogens is 329 g/mol. The molecule has 4 heteroatoms. The summed E-state index contributed by atoms with van der Waals surface area (Å²) in [5, 5.41) is 3.97. The third-order valence-corrected chi connectivity index (χ3v) is 4.07. The Bertz CT molecular complexity index is 429. The van der Waals surface area contributed by atoms with E-state index in [1.54, 1.807) is 6.07 Å². The Morgan fingerprint density at radius 2 is 2.00 bits per heavy atom. The predicted molar refractivity (Wildman–Crippen MR) is 84.2 cm³/mol. The summed E-state index contributed by atoms with van der Waals surface area (Å²) in [4.78, 5) is 0. The zero-order chi connectivity index (χ0) is 14.6. The molecule has 0 amide bonds. The van der Waals surface area contributed by atoms with E-state index in [0.717, 1.165) is 19.4 Å². The van der Waals surface area contributed by atoms with Crippen LogP contribution in [0.2, 0.25) is 5.02 Å². The van der Waals surface area contributed by atoms with Gasteiger partial charge in [-0.1, -0.05) is 39.3 Å². The molecule has 0 saturated carbocycles.